The van der Waals surface area contributed by atoms with Crippen molar-refractivity contribution in [1.82, 2.24) is 19.8 Å². The summed E-state index contributed by atoms with van der Waals surface area (Å²) in [5.74, 6) is 0. The van der Waals surface area contributed by atoms with Gasteiger partial charge in [-0.25, -0.2) is 4.98 Å². The minimum atomic E-state index is 0.618. The van der Waals surface area contributed by atoms with Gasteiger partial charge in [0.1, 0.15) is 0 Å². The van der Waals surface area contributed by atoms with E-state index in [1.165, 1.54) is 31.6 Å². The van der Waals surface area contributed by atoms with E-state index < -0.39 is 0 Å². The van der Waals surface area contributed by atoms with E-state index >= 15 is 0 Å². The largest absolute Gasteiger partial charge is 0.332 e. The van der Waals surface area contributed by atoms with E-state index in [9.17, 15) is 0 Å². The number of nitrogens with one attached hydrogen (secondary N) is 1. The van der Waals surface area contributed by atoms with E-state index in [-0.39, 0.29) is 0 Å². The molecule has 0 saturated carbocycles. The van der Waals surface area contributed by atoms with Crippen molar-refractivity contribution in [3.8, 4) is 0 Å². The first-order chi connectivity index (χ1) is 7.81. The van der Waals surface area contributed by atoms with Crippen LogP contribution in [0.1, 0.15) is 25.5 Å². The van der Waals surface area contributed by atoms with Crippen LogP contribution in [0.5, 0.6) is 0 Å². The Morgan fingerprint density at radius 1 is 1.44 bits per heavy atom. The highest BCUT2D eigenvalue weighted by atomic mass is 15.2. The van der Waals surface area contributed by atoms with Crippen molar-refractivity contribution < 1.29 is 0 Å². The van der Waals surface area contributed by atoms with Crippen LogP contribution >= 0.6 is 0 Å². The summed E-state index contributed by atoms with van der Waals surface area (Å²) in [6.07, 6.45) is 6.61. The van der Waals surface area contributed by atoms with Gasteiger partial charge in [0, 0.05) is 25.3 Å². The standard InChI is InChI=1S/C12H22N4/c1-11(15-5-3-4-6-15)9-16-10-14-8-12(16)7-13-2/h8,10-11,13H,3-7,9H2,1-2H3. The normalized spacial score (nSPS) is 19.1. The maximum atomic E-state index is 4.22. The van der Waals surface area contributed by atoms with Crippen LogP contribution in [0.2, 0.25) is 0 Å². The quantitative estimate of drug-likeness (QED) is 0.809. The smallest absolute Gasteiger partial charge is 0.0949 e. The lowest BCUT2D eigenvalue weighted by molar-refractivity contribution is 0.234. The van der Waals surface area contributed by atoms with E-state index in [4.69, 9.17) is 0 Å². The molecule has 0 aromatic carbocycles. The van der Waals surface area contributed by atoms with Crippen molar-refractivity contribution in [2.75, 3.05) is 20.1 Å². The first kappa shape index (κ1) is 11.6. The summed E-state index contributed by atoms with van der Waals surface area (Å²) in [6.45, 7) is 6.78. The Labute approximate surface area is 97.7 Å². The molecule has 1 aliphatic heterocycles. The molecule has 4 nitrogen and oxygen atoms in total. The van der Waals surface area contributed by atoms with Crippen molar-refractivity contribution in [1.29, 1.82) is 0 Å². The molecule has 1 aliphatic rings. The van der Waals surface area contributed by atoms with Gasteiger partial charge in [0.25, 0.3) is 0 Å². The summed E-state index contributed by atoms with van der Waals surface area (Å²) < 4.78 is 2.26. The number of likely N-dealkylation sites (tertiary alicyclic amines) is 1. The number of aromatic nitrogens is 2. The molecule has 1 N–H and O–H groups in total. The topological polar surface area (TPSA) is 33.1 Å². The molecule has 0 amide bonds. The third-order valence-electron chi connectivity index (χ3n) is 3.38. The van der Waals surface area contributed by atoms with E-state index in [0.29, 0.717) is 6.04 Å². The lowest BCUT2D eigenvalue weighted by Crippen LogP contribution is -2.34. The van der Waals surface area contributed by atoms with Crippen LogP contribution in [0.25, 0.3) is 0 Å². The molecule has 1 aromatic heterocycles. The molecule has 4 heteroatoms. The zero-order chi connectivity index (χ0) is 11.4. The number of hydrogen-bond acceptors (Lipinski definition) is 3. The van der Waals surface area contributed by atoms with Gasteiger partial charge in [-0.2, -0.15) is 0 Å². The van der Waals surface area contributed by atoms with Gasteiger partial charge < -0.3 is 9.88 Å². The lowest BCUT2D eigenvalue weighted by atomic mass is 10.3. The second kappa shape index (κ2) is 5.46. The number of imidazole rings is 1. The summed E-state index contributed by atoms with van der Waals surface area (Å²) in [5.41, 5.74) is 1.27. The maximum absolute atomic E-state index is 4.22. The SMILES string of the molecule is CNCc1cncn1CC(C)N1CCCC1. The summed E-state index contributed by atoms with van der Waals surface area (Å²) in [6, 6.07) is 0.618. The zero-order valence-corrected chi connectivity index (χ0v) is 10.3. The van der Waals surface area contributed by atoms with Crippen LogP contribution in [0, 0.1) is 0 Å². The van der Waals surface area contributed by atoms with Crippen molar-refractivity contribution >= 4 is 0 Å². The predicted molar refractivity (Wildman–Crippen MR) is 65.3 cm³/mol. The molecule has 2 heterocycles. The minimum absolute atomic E-state index is 0.618. The van der Waals surface area contributed by atoms with Crippen LogP contribution in [-0.2, 0) is 13.1 Å². The molecule has 1 fully saturated rings. The predicted octanol–water partition coefficient (Wildman–Crippen LogP) is 1.09. The molecule has 0 radical (unpaired) electrons. The molecular weight excluding hydrogens is 200 g/mol. The Morgan fingerprint density at radius 3 is 2.88 bits per heavy atom. The van der Waals surface area contributed by atoms with Crippen LogP contribution in [0.3, 0.4) is 0 Å². The molecule has 1 saturated heterocycles. The van der Waals surface area contributed by atoms with Gasteiger partial charge in [-0.3, -0.25) is 4.90 Å². The van der Waals surface area contributed by atoms with Gasteiger partial charge in [-0.1, -0.05) is 0 Å². The van der Waals surface area contributed by atoms with Crippen molar-refractivity contribution in [3.05, 3.63) is 18.2 Å². The first-order valence-electron chi connectivity index (χ1n) is 6.19. The van der Waals surface area contributed by atoms with Crippen LogP contribution < -0.4 is 5.32 Å². The first-order valence-corrected chi connectivity index (χ1v) is 6.19. The van der Waals surface area contributed by atoms with Crippen molar-refractivity contribution in [3.63, 3.8) is 0 Å². The third kappa shape index (κ3) is 2.62. The average Bonchev–Trinajstić information content (AvgIpc) is 2.90. The summed E-state index contributed by atoms with van der Waals surface area (Å²) >= 11 is 0. The molecule has 90 valence electrons. The fraction of sp³-hybridized carbons (Fsp3) is 0.750. The van der Waals surface area contributed by atoms with Crippen LogP contribution in [0.4, 0.5) is 0 Å². The monoisotopic (exact) mass is 222 g/mol. The molecule has 16 heavy (non-hydrogen) atoms. The van der Waals surface area contributed by atoms with Crippen LogP contribution in [0.15, 0.2) is 12.5 Å². The van der Waals surface area contributed by atoms with Gasteiger partial charge in [-0.05, 0) is 39.9 Å². The number of hydrogen-bond donors (Lipinski definition) is 1. The Balaban J connectivity index is 1.94. The summed E-state index contributed by atoms with van der Waals surface area (Å²) in [5, 5.41) is 3.18. The van der Waals surface area contributed by atoms with E-state index in [1.54, 1.807) is 0 Å². The highest BCUT2D eigenvalue weighted by molar-refractivity contribution is 4.98. The summed E-state index contributed by atoms with van der Waals surface area (Å²) in [7, 11) is 1.97. The molecule has 2 rings (SSSR count). The number of nitrogens with zero attached hydrogens (tertiary/aromatic N) is 3. The average molecular weight is 222 g/mol. The van der Waals surface area contributed by atoms with E-state index in [2.05, 4.69) is 26.7 Å². The fourth-order valence-corrected chi connectivity index (χ4v) is 2.42. The van der Waals surface area contributed by atoms with Crippen molar-refractivity contribution in [2.24, 2.45) is 0 Å². The molecule has 1 unspecified atom stereocenters. The molecular formula is C12H22N4. The van der Waals surface area contributed by atoms with Crippen LogP contribution in [-0.4, -0.2) is 40.6 Å². The van der Waals surface area contributed by atoms with Crippen molar-refractivity contribution in [2.45, 2.75) is 38.9 Å². The second-order valence-corrected chi connectivity index (χ2v) is 4.66. The number of rotatable bonds is 5. The Bertz CT molecular complexity index is 315. The van der Waals surface area contributed by atoms with Gasteiger partial charge in [-0.15, -0.1) is 0 Å². The molecule has 0 aliphatic carbocycles. The lowest BCUT2D eigenvalue weighted by Gasteiger charge is -2.24. The van der Waals surface area contributed by atoms with E-state index in [0.717, 1.165) is 13.1 Å². The van der Waals surface area contributed by atoms with Gasteiger partial charge in [0.05, 0.1) is 12.0 Å². The summed E-state index contributed by atoms with van der Waals surface area (Å²) in [4.78, 5) is 6.80. The maximum Gasteiger partial charge on any atom is 0.0949 e. The zero-order valence-electron chi connectivity index (χ0n) is 10.3. The molecule has 1 atom stereocenters. The minimum Gasteiger partial charge on any atom is -0.332 e. The Morgan fingerprint density at radius 2 is 2.19 bits per heavy atom. The van der Waals surface area contributed by atoms with Gasteiger partial charge in [0.15, 0.2) is 0 Å². The van der Waals surface area contributed by atoms with E-state index in [1.807, 2.05) is 19.6 Å². The molecule has 0 spiro atoms. The highest BCUT2D eigenvalue weighted by Crippen LogP contribution is 2.13. The molecule has 0 bridgehead atoms. The highest BCUT2D eigenvalue weighted by Gasteiger charge is 2.18. The Kier molecular flexibility index (Phi) is 3.96. The van der Waals surface area contributed by atoms with Gasteiger partial charge in [0.2, 0.25) is 0 Å². The second-order valence-electron chi connectivity index (χ2n) is 4.66. The third-order valence-corrected chi connectivity index (χ3v) is 3.38. The fourth-order valence-electron chi connectivity index (χ4n) is 2.42. The van der Waals surface area contributed by atoms with Gasteiger partial charge >= 0.3 is 0 Å². The Hall–Kier alpha value is -0.870. The molecule has 1 aromatic rings.